The Bertz CT molecular complexity index is 179. The highest BCUT2D eigenvalue weighted by molar-refractivity contribution is 5.49. The van der Waals surface area contributed by atoms with Crippen molar-refractivity contribution in [3.05, 3.63) is 12.1 Å². The molecule has 0 amide bonds. The van der Waals surface area contributed by atoms with Crippen molar-refractivity contribution in [3.63, 3.8) is 0 Å². The molecule has 1 aromatic heterocycles. The van der Waals surface area contributed by atoms with Gasteiger partial charge in [0.15, 0.2) is 0 Å². The van der Waals surface area contributed by atoms with Gasteiger partial charge in [-0.2, -0.15) is 0 Å². The number of rotatable bonds is 0. The second kappa shape index (κ2) is 1.81. The van der Waals surface area contributed by atoms with Crippen LogP contribution in [0.4, 0.5) is 17.3 Å². The van der Waals surface area contributed by atoms with Gasteiger partial charge in [-0.1, -0.05) is 0 Å². The minimum atomic E-state index is -0.0208. The van der Waals surface area contributed by atoms with Crippen LogP contribution >= 0.6 is 0 Å². The summed E-state index contributed by atoms with van der Waals surface area (Å²) in [5.74, 6) is -0.0417. The number of hydrogen-bond acceptors (Lipinski definition) is 1. The molecular formula is C5H8N4+3. The first-order valence-electron chi connectivity index (χ1n) is 2.35. The number of nitrogens with one attached hydrogen (secondary N) is 3. The van der Waals surface area contributed by atoms with Gasteiger partial charge in [0, 0.05) is 12.1 Å². The molecule has 1 rings (SSSR count). The fourth-order valence-corrected chi connectivity index (χ4v) is 0.531. The zero-order chi connectivity index (χ0) is 6.85. The van der Waals surface area contributed by atoms with Gasteiger partial charge in [-0.05, 0) is 0 Å². The van der Waals surface area contributed by atoms with Crippen LogP contribution in [0.3, 0.4) is 0 Å². The van der Waals surface area contributed by atoms with Gasteiger partial charge >= 0.3 is 4.28 Å². The molecule has 4 heteroatoms. The van der Waals surface area contributed by atoms with Gasteiger partial charge in [-0.25, -0.2) is 4.98 Å². The maximum absolute atomic E-state index is 7.00. The molecule has 45 valence electrons. The van der Waals surface area contributed by atoms with Crippen molar-refractivity contribution in [2.24, 2.45) is 0 Å². The Balaban J connectivity index is -0.000000270. The summed E-state index contributed by atoms with van der Waals surface area (Å²) in [5, 5.41) is 0. The highest BCUT2D eigenvalue weighted by atomic mass is 14.9. The van der Waals surface area contributed by atoms with Crippen LogP contribution in [0.15, 0.2) is 12.1 Å². The maximum Gasteiger partial charge on any atom is 1.00 e. The van der Waals surface area contributed by atoms with Crippen LogP contribution in [0, 0.1) is 0 Å². The molecule has 3 N–H and O–H groups in total. The number of pyridine rings is 1. The molecule has 1 aromatic rings. The molecule has 9 heavy (non-hydrogen) atoms. The smallest absolute Gasteiger partial charge is 0.301 e. The van der Waals surface area contributed by atoms with Crippen LogP contribution < -0.4 is 17.2 Å². The van der Waals surface area contributed by atoms with E-state index in [1.807, 2.05) is 0 Å². The van der Waals surface area contributed by atoms with Crippen molar-refractivity contribution in [1.29, 1.82) is 0 Å². The van der Waals surface area contributed by atoms with Gasteiger partial charge in [0.05, 0.1) is 5.69 Å². The van der Waals surface area contributed by atoms with E-state index in [0.717, 1.165) is 0 Å². The van der Waals surface area contributed by atoms with Gasteiger partial charge in [-0.15, -0.1) is 0 Å². The summed E-state index contributed by atoms with van der Waals surface area (Å²) in [6.45, 7) is 0. The molecule has 4 nitrogen and oxygen atoms in total. The molecular weight excluding hydrogens is 116 g/mol. The summed E-state index contributed by atoms with van der Waals surface area (Å²) < 4.78 is 0. The maximum atomic E-state index is 7.00. The Morgan fingerprint density at radius 3 is 1.89 bits per heavy atom. The zero-order valence-corrected chi connectivity index (χ0v) is 4.60. The minimum Gasteiger partial charge on any atom is -0.301 e. The van der Waals surface area contributed by atoms with Crippen molar-refractivity contribution in [2.45, 2.75) is 0 Å². The lowest BCUT2D eigenvalue weighted by molar-refractivity contribution is 1.20. The first kappa shape index (κ1) is 5.68. The zero-order valence-electron chi connectivity index (χ0n) is 7.60. The van der Waals surface area contributed by atoms with Gasteiger partial charge < -0.3 is 5.73 Å². The highest BCUT2D eigenvalue weighted by Gasteiger charge is 1.92. The normalized spacial score (nSPS) is 9.33. The van der Waals surface area contributed by atoms with E-state index in [0.29, 0.717) is 0 Å². The predicted octanol–water partition coefficient (Wildman–Crippen LogP) is 1.16. The average molecular weight is 124 g/mol. The minimum absolute atomic E-state index is 0. The summed E-state index contributed by atoms with van der Waals surface area (Å²) >= 11 is 0. The molecule has 3 radical (unpaired) electrons. The molecule has 0 fully saturated rings. The van der Waals surface area contributed by atoms with E-state index in [4.69, 9.17) is 17.2 Å². The first-order valence-corrected chi connectivity index (χ1v) is 2.35. The van der Waals surface area contributed by atoms with E-state index in [1.54, 1.807) is 0 Å². The molecule has 0 bridgehead atoms. The van der Waals surface area contributed by atoms with E-state index < -0.39 is 0 Å². The number of nitrogens with zero attached hydrogens (tertiary/aromatic N) is 1. The van der Waals surface area contributed by atoms with E-state index in [9.17, 15) is 0 Å². The third-order valence-corrected chi connectivity index (χ3v) is 0.825. The lowest BCUT2D eigenvalue weighted by Crippen LogP contribution is -1.80. The van der Waals surface area contributed by atoms with Gasteiger partial charge in [0.2, 0.25) is 0 Å². The third-order valence-electron chi connectivity index (χ3n) is 0.825. The van der Waals surface area contributed by atoms with E-state index in [1.165, 1.54) is 12.1 Å². The number of hydrogen-bond donors (Lipinski definition) is 0. The fraction of sp³-hybridized carbons (Fsp3) is 0. The van der Waals surface area contributed by atoms with Gasteiger partial charge in [0.25, 0.3) is 0 Å². The standard InChI is InChI=1S/C5H5N4/c6-3-1-4(7)9-5(8)2-3/h1-2,6-8H/p+3. The molecule has 0 spiro atoms. The highest BCUT2D eigenvalue weighted by Crippen LogP contribution is 2.12. The SMILES string of the molecule is [H+].[H+].[H+].[NH]c1cc([NH])nc([NH])c1. The van der Waals surface area contributed by atoms with Crippen LogP contribution in [-0.4, -0.2) is 4.98 Å². The largest absolute Gasteiger partial charge is 1.00 e. The second-order valence-electron chi connectivity index (χ2n) is 1.63. The Morgan fingerprint density at radius 1 is 1.11 bits per heavy atom. The van der Waals surface area contributed by atoms with E-state index in [2.05, 4.69) is 4.98 Å². The van der Waals surface area contributed by atoms with Gasteiger partial charge in [-0.3, -0.25) is 11.5 Å². The molecule has 0 atom stereocenters. The summed E-state index contributed by atoms with van der Waals surface area (Å²) in [4.78, 5) is 3.45. The molecule has 0 saturated carbocycles. The summed E-state index contributed by atoms with van der Waals surface area (Å²) in [6, 6.07) is 2.58. The predicted molar refractivity (Wildman–Crippen MR) is 35.8 cm³/mol. The quantitative estimate of drug-likeness (QED) is 0.510. The lowest BCUT2D eigenvalue weighted by Gasteiger charge is -1.93. The molecule has 1 heterocycles. The van der Waals surface area contributed by atoms with Crippen molar-refractivity contribution in [1.82, 2.24) is 22.2 Å². The third kappa shape index (κ3) is 1.22. The first-order chi connectivity index (χ1) is 4.18. The average Bonchev–Trinajstić information content (AvgIpc) is 1.59. The van der Waals surface area contributed by atoms with Gasteiger partial charge in [0.1, 0.15) is 11.6 Å². The summed E-state index contributed by atoms with van der Waals surface area (Å²) in [6.07, 6.45) is 0. The Hall–Kier alpha value is -1.45. The summed E-state index contributed by atoms with van der Waals surface area (Å²) in [7, 11) is 0. The fourth-order valence-electron chi connectivity index (χ4n) is 0.531. The molecule has 0 unspecified atom stereocenters. The second-order valence-corrected chi connectivity index (χ2v) is 1.63. The van der Waals surface area contributed by atoms with Crippen molar-refractivity contribution in [2.75, 3.05) is 0 Å². The van der Waals surface area contributed by atoms with Crippen LogP contribution in [0.1, 0.15) is 4.28 Å². The Labute approximate surface area is 57.1 Å². The molecule has 0 saturated heterocycles. The lowest BCUT2D eigenvalue weighted by atomic mass is 10.4. The van der Waals surface area contributed by atoms with E-state index >= 15 is 0 Å². The van der Waals surface area contributed by atoms with Crippen LogP contribution in [0.5, 0.6) is 0 Å². The number of aromatic nitrogens is 1. The van der Waals surface area contributed by atoms with Crippen molar-refractivity contribution in [3.8, 4) is 0 Å². The van der Waals surface area contributed by atoms with Crippen LogP contribution in [-0.2, 0) is 0 Å². The van der Waals surface area contributed by atoms with Crippen molar-refractivity contribution < 1.29 is 4.28 Å². The Kier molecular flexibility index (Phi) is 1.14. The van der Waals surface area contributed by atoms with Crippen LogP contribution in [0.2, 0.25) is 0 Å². The molecule has 0 aliphatic heterocycles. The molecule has 0 aliphatic carbocycles. The van der Waals surface area contributed by atoms with E-state index in [-0.39, 0.29) is 21.6 Å². The summed E-state index contributed by atoms with van der Waals surface area (Å²) in [5.41, 5.74) is 21.0. The molecule has 0 aliphatic rings. The van der Waals surface area contributed by atoms with Crippen LogP contribution in [0.25, 0.3) is 0 Å². The monoisotopic (exact) mass is 124 g/mol. The molecule has 0 aromatic carbocycles. The topological polar surface area (TPSA) is 84.3 Å². The van der Waals surface area contributed by atoms with Crippen molar-refractivity contribution >= 4 is 17.3 Å². The Morgan fingerprint density at radius 2 is 1.56 bits per heavy atom.